The average molecular weight is 473 g/mol. The van der Waals surface area contributed by atoms with Crippen molar-refractivity contribution >= 4 is 34.4 Å². The lowest BCUT2D eigenvalue weighted by molar-refractivity contribution is 0.0664. The summed E-state index contributed by atoms with van der Waals surface area (Å²) >= 11 is 0. The molecular weight excluding hydrogens is 440 g/mol. The maximum atomic E-state index is 12.8. The maximum Gasteiger partial charge on any atom is 0.253 e. The number of rotatable bonds is 3. The van der Waals surface area contributed by atoms with E-state index in [4.69, 9.17) is 4.98 Å². The van der Waals surface area contributed by atoms with Gasteiger partial charge in [0.2, 0.25) is 5.95 Å². The molecule has 1 aromatic carbocycles. The second kappa shape index (κ2) is 8.57. The predicted molar refractivity (Wildman–Crippen MR) is 138 cm³/mol. The number of hydrogen-bond donors (Lipinski definition) is 3. The highest BCUT2D eigenvalue weighted by Crippen LogP contribution is 2.45. The van der Waals surface area contributed by atoms with Gasteiger partial charge in [-0.15, -0.1) is 0 Å². The number of nitrogens with one attached hydrogen (secondary N) is 3. The van der Waals surface area contributed by atoms with E-state index in [1.165, 1.54) is 19.3 Å². The molecule has 1 saturated carbocycles. The summed E-state index contributed by atoms with van der Waals surface area (Å²) in [7, 11) is 2.09. The van der Waals surface area contributed by atoms with Crippen LogP contribution in [0, 0.1) is 0 Å². The van der Waals surface area contributed by atoms with E-state index in [2.05, 4.69) is 50.3 Å². The summed E-state index contributed by atoms with van der Waals surface area (Å²) in [6, 6.07) is 9.67. The van der Waals surface area contributed by atoms with Crippen LogP contribution in [-0.4, -0.2) is 63.5 Å². The van der Waals surface area contributed by atoms with Gasteiger partial charge in [0.15, 0.2) is 0 Å². The van der Waals surface area contributed by atoms with Crippen molar-refractivity contribution in [1.29, 1.82) is 0 Å². The van der Waals surface area contributed by atoms with Gasteiger partial charge in [-0.25, -0.2) is 4.98 Å². The van der Waals surface area contributed by atoms with E-state index in [0.29, 0.717) is 11.5 Å². The monoisotopic (exact) mass is 472 g/mol. The first-order valence-corrected chi connectivity index (χ1v) is 12.5. The van der Waals surface area contributed by atoms with E-state index in [0.717, 1.165) is 67.3 Å². The fourth-order valence-corrected chi connectivity index (χ4v) is 5.64. The Morgan fingerprint density at radius 1 is 1.06 bits per heavy atom. The Morgan fingerprint density at radius 3 is 2.54 bits per heavy atom. The van der Waals surface area contributed by atoms with Crippen molar-refractivity contribution in [2.45, 2.75) is 37.6 Å². The topological polar surface area (TPSA) is 90.3 Å². The Kier molecular flexibility index (Phi) is 5.36. The minimum Gasteiger partial charge on any atom is -0.336 e. The number of hydrogen-bond acceptors (Lipinski definition) is 7. The van der Waals surface area contributed by atoms with Gasteiger partial charge in [0.05, 0.1) is 11.2 Å². The van der Waals surface area contributed by atoms with Gasteiger partial charge in [-0.1, -0.05) is 25.8 Å². The van der Waals surface area contributed by atoms with E-state index in [1.54, 1.807) is 0 Å². The highest BCUT2D eigenvalue weighted by molar-refractivity contribution is 5.94. The fraction of sp³-hybridized carbons (Fsp3) is 0.423. The van der Waals surface area contributed by atoms with Crippen molar-refractivity contribution in [1.82, 2.24) is 29.8 Å². The second-order valence-electron chi connectivity index (χ2n) is 9.96. The van der Waals surface area contributed by atoms with Crippen molar-refractivity contribution in [2.75, 3.05) is 44.0 Å². The van der Waals surface area contributed by atoms with Crippen LogP contribution in [0.25, 0.3) is 11.0 Å². The molecule has 9 nitrogen and oxygen atoms in total. The lowest BCUT2D eigenvalue weighted by atomic mass is 9.79. The van der Waals surface area contributed by atoms with Gasteiger partial charge >= 0.3 is 0 Å². The summed E-state index contributed by atoms with van der Waals surface area (Å²) in [6.45, 7) is 7.70. The molecule has 0 radical (unpaired) electrons. The molecule has 182 valence electrons. The van der Waals surface area contributed by atoms with Crippen LogP contribution in [0.5, 0.6) is 0 Å². The van der Waals surface area contributed by atoms with Gasteiger partial charge in [0, 0.05) is 49.0 Å². The first-order chi connectivity index (χ1) is 17.0. The van der Waals surface area contributed by atoms with Crippen LogP contribution in [-0.2, 0) is 5.54 Å². The number of amides is 1. The SMILES string of the molecule is C=C1NNc2cc3cnc(Nc4ccc(C(=O)N5CCN(C)CC5)cc4)nc3n2C12CCCCC2. The number of piperazine rings is 1. The normalized spacial score (nSPS) is 19.8. The smallest absolute Gasteiger partial charge is 0.253 e. The number of fused-ring (bicyclic) bond motifs is 4. The Balaban J connectivity index is 1.25. The van der Waals surface area contributed by atoms with Gasteiger partial charge in [0.1, 0.15) is 11.5 Å². The maximum absolute atomic E-state index is 12.8. The van der Waals surface area contributed by atoms with E-state index in [-0.39, 0.29) is 11.4 Å². The van der Waals surface area contributed by atoms with Crippen LogP contribution in [0.3, 0.4) is 0 Å². The van der Waals surface area contributed by atoms with Gasteiger partial charge in [0.25, 0.3) is 5.91 Å². The molecule has 6 rings (SSSR count). The highest BCUT2D eigenvalue weighted by atomic mass is 16.2. The van der Waals surface area contributed by atoms with Crippen LogP contribution in [0.15, 0.2) is 48.8 Å². The molecule has 2 aliphatic heterocycles. The molecule has 1 spiro atoms. The van der Waals surface area contributed by atoms with Crippen molar-refractivity contribution in [2.24, 2.45) is 0 Å². The van der Waals surface area contributed by atoms with Gasteiger partial charge in [-0.3, -0.25) is 14.8 Å². The molecule has 3 aliphatic rings. The number of benzene rings is 1. The molecule has 0 bridgehead atoms. The number of nitrogens with zero attached hydrogens (tertiary/aromatic N) is 5. The highest BCUT2D eigenvalue weighted by Gasteiger charge is 2.42. The molecule has 2 aromatic heterocycles. The van der Waals surface area contributed by atoms with Crippen LogP contribution in [0.2, 0.25) is 0 Å². The van der Waals surface area contributed by atoms with E-state index < -0.39 is 0 Å². The van der Waals surface area contributed by atoms with Gasteiger partial charge in [-0.2, -0.15) is 4.98 Å². The minimum atomic E-state index is -0.169. The summed E-state index contributed by atoms with van der Waals surface area (Å²) in [5.74, 6) is 1.61. The number of likely N-dealkylation sites (N-methyl/N-ethyl adjacent to an activating group) is 1. The third-order valence-corrected chi connectivity index (χ3v) is 7.73. The minimum absolute atomic E-state index is 0.0845. The van der Waals surface area contributed by atoms with Crippen molar-refractivity contribution in [3.05, 3.63) is 54.4 Å². The summed E-state index contributed by atoms with van der Waals surface area (Å²) in [6.07, 6.45) is 7.57. The lowest BCUT2D eigenvalue weighted by Crippen LogP contribution is -2.48. The number of aromatic nitrogens is 3. The molecule has 9 heteroatoms. The molecule has 35 heavy (non-hydrogen) atoms. The summed E-state index contributed by atoms with van der Waals surface area (Å²) in [5, 5.41) is 4.31. The molecule has 4 heterocycles. The molecule has 1 amide bonds. The zero-order valence-electron chi connectivity index (χ0n) is 20.2. The van der Waals surface area contributed by atoms with E-state index >= 15 is 0 Å². The Morgan fingerprint density at radius 2 is 1.80 bits per heavy atom. The zero-order chi connectivity index (χ0) is 24.0. The van der Waals surface area contributed by atoms with Crippen molar-refractivity contribution < 1.29 is 4.79 Å². The van der Waals surface area contributed by atoms with Gasteiger partial charge < -0.3 is 20.5 Å². The van der Waals surface area contributed by atoms with Crippen LogP contribution >= 0.6 is 0 Å². The van der Waals surface area contributed by atoms with Crippen molar-refractivity contribution in [3.63, 3.8) is 0 Å². The summed E-state index contributed by atoms with van der Waals surface area (Å²) in [5.41, 5.74) is 9.84. The van der Waals surface area contributed by atoms with Crippen LogP contribution < -0.4 is 16.2 Å². The first-order valence-electron chi connectivity index (χ1n) is 12.5. The Bertz CT molecular complexity index is 1270. The average Bonchev–Trinajstić information content (AvgIpc) is 3.26. The number of anilines is 3. The van der Waals surface area contributed by atoms with Crippen molar-refractivity contribution in [3.8, 4) is 0 Å². The van der Waals surface area contributed by atoms with E-state index in [9.17, 15) is 4.79 Å². The lowest BCUT2D eigenvalue weighted by Gasteiger charge is -2.45. The number of allylic oxidation sites excluding steroid dienone is 1. The van der Waals surface area contributed by atoms with E-state index in [1.807, 2.05) is 35.4 Å². The third kappa shape index (κ3) is 3.80. The second-order valence-corrected chi connectivity index (χ2v) is 9.96. The number of carbonyl (C=O) groups excluding carboxylic acids is 1. The quantitative estimate of drug-likeness (QED) is 0.536. The predicted octanol–water partition coefficient (Wildman–Crippen LogP) is 3.67. The van der Waals surface area contributed by atoms with Crippen LogP contribution in [0.1, 0.15) is 42.5 Å². The molecule has 3 N–H and O–H groups in total. The molecule has 1 aliphatic carbocycles. The fourth-order valence-electron chi connectivity index (χ4n) is 5.64. The zero-order valence-corrected chi connectivity index (χ0v) is 20.2. The van der Waals surface area contributed by atoms with Crippen LogP contribution in [0.4, 0.5) is 17.5 Å². The summed E-state index contributed by atoms with van der Waals surface area (Å²) in [4.78, 5) is 26.5. The molecule has 1 saturated heterocycles. The number of hydrazine groups is 1. The van der Waals surface area contributed by atoms with Gasteiger partial charge in [-0.05, 0) is 50.2 Å². The Hall–Kier alpha value is -3.59. The number of carbonyl (C=O) groups is 1. The summed E-state index contributed by atoms with van der Waals surface area (Å²) < 4.78 is 2.31. The standard InChI is InChI=1S/C26H32N8O/c1-18-26(10-4-3-5-11-26)34-22(31-30-18)16-20-17-27-25(29-23(20)34)28-21-8-6-19(7-9-21)24(35)33-14-12-32(2)13-15-33/h6-9,16-17,30-31H,1,3-5,10-15H2,2H3,(H,27,28,29). The largest absolute Gasteiger partial charge is 0.336 e. The first kappa shape index (κ1) is 21.9. The Labute approximate surface area is 205 Å². The molecular formula is C26H32N8O. The molecule has 0 unspecified atom stereocenters. The molecule has 2 fully saturated rings. The third-order valence-electron chi connectivity index (χ3n) is 7.73. The molecule has 0 atom stereocenters. The molecule has 3 aromatic rings.